The Morgan fingerprint density at radius 3 is 3.21 bits per heavy atom. The Balaban J connectivity index is 1.91. The molecule has 1 saturated heterocycles. The molecule has 0 radical (unpaired) electrons. The van der Waals surface area contributed by atoms with Gasteiger partial charge in [-0.25, -0.2) is 9.78 Å². The van der Waals surface area contributed by atoms with Crippen molar-refractivity contribution in [2.45, 2.75) is 12.8 Å². The van der Waals surface area contributed by atoms with Crippen molar-refractivity contribution >= 4 is 17.5 Å². The van der Waals surface area contributed by atoms with Gasteiger partial charge in [-0.2, -0.15) is 0 Å². The highest BCUT2D eigenvalue weighted by molar-refractivity contribution is 5.95. The number of rotatable bonds is 5. The van der Waals surface area contributed by atoms with E-state index in [-0.39, 0.29) is 0 Å². The number of nitrogens with two attached hydrogens (primary N) is 1. The number of nitrogen functional groups attached to an aromatic ring is 1. The van der Waals surface area contributed by atoms with E-state index in [1.54, 1.807) is 6.07 Å². The lowest BCUT2D eigenvalue weighted by molar-refractivity contribution is 0.0602. The third kappa shape index (κ3) is 3.57. The number of carbonyl (C=O) groups excluding carboxylic acids is 1. The van der Waals surface area contributed by atoms with E-state index < -0.39 is 5.97 Å². The van der Waals surface area contributed by atoms with Gasteiger partial charge < -0.3 is 20.5 Å². The number of nitrogens with one attached hydrogen (secondary N) is 1. The summed E-state index contributed by atoms with van der Waals surface area (Å²) in [7, 11) is 1.33. The third-order valence-electron chi connectivity index (χ3n) is 3.22. The molecule has 6 heteroatoms. The van der Waals surface area contributed by atoms with Crippen molar-refractivity contribution < 1.29 is 14.3 Å². The molecule has 1 aromatic heterocycles. The Morgan fingerprint density at radius 1 is 1.68 bits per heavy atom. The zero-order valence-electron chi connectivity index (χ0n) is 11.0. The first-order valence-corrected chi connectivity index (χ1v) is 6.36. The smallest absolute Gasteiger partial charge is 0.340 e. The van der Waals surface area contributed by atoms with Crippen LogP contribution < -0.4 is 11.1 Å². The Kier molecular flexibility index (Phi) is 4.57. The summed E-state index contributed by atoms with van der Waals surface area (Å²) in [6, 6.07) is 1.62. The number of aromatic nitrogens is 1. The van der Waals surface area contributed by atoms with E-state index in [1.807, 2.05) is 0 Å². The minimum atomic E-state index is -0.452. The fourth-order valence-corrected chi connectivity index (χ4v) is 2.06. The van der Waals surface area contributed by atoms with Crippen LogP contribution in [0.25, 0.3) is 0 Å². The van der Waals surface area contributed by atoms with Crippen molar-refractivity contribution in [2.75, 3.05) is 37.9 Å². The molecule has 1 unspecified atom stereocenters. The van der Waals surface area contributed by atoms with Gasteiger partial charge in [0, 0.05) is 19.8 Å². The van der Waals surface area contributed by atoms with Gasteiger partial charge in [0.2, 0.25) is 0 Å². The first-order valence-electron chi connectivity index (χ1n) is 6.36. The lowest BCUT2D eigenvalue weighted by Crippen LogP contribution is -2.12. The van der Waals surface area contributed by atoms with E-state index in [9.17, 15) is 4.79 Å². The maximum Gasteiger partial charge on any atom is 0.340 e. The predicted molar refractivity (Wildman–Crippen MR) is 72.0 cm³/mol. The number of esters is 1. The van der Waals surface area contributed by atoms with Crippen LogP contribution in [-0.4, -0.2) is 37.8 Å². The molecule has 1 aliphatic rings. The van der Waals surface area contributed by atoms with E-state index in [0.717, 1.165) is 32.6 Å². The number of nitrogens with zero attached hydrogens (tertiary/aromatic N) is 1. The van der Waals surface area contributed by atoms with Gasteiger partial charge in [-0.3, -0.25) is 0 Å². The van der Waals surface area contributed by atoms with Crippen LogP contribution in [0.1, 0.15) is 23.2 Å². The van der Waals surface area contributed by atoms with E-state index in [1.165, 1.54) is 13.3 Å². The summed E-state index contributed by atoms with van der Waals surface area (Å²) in [5.74, 6) is 0.794. The Morgan fingerprint density at radius 2 is 2.53 bits per heavy atom. The van der Waals surface area contributed by atoms with Gasteiger partial charge in [-0.1, -0.05) is 0 Å². The summed E-state index contributed by atoms with van der Waals surface area (Å²) in [5.41, 5.74) is 6.34. The number of anilines is 2. The zero-order chi connectivity index (χ0) is 13.7. The van der Waals surface area contributed by atoms with Crippen LogP contribution in [0.3, 0.4) is 0 Å². The van der Waals surface area contributed by atoms with Gasteiger partial charge in [0.05, 0.1) is 24.6 Å². The Bertz CT molecular complexity index is 445. The van der Waals surface area contributed by atoms with Gasteiger partial charge >= 0.3 is 5.97 Å². The topological polar surface area (TPSA) is 86.5 Å². The largest absolute Gasteiger partial charge is 0.465 e. The molecular formula is C13H19N3O3. The number of methoxy groups -OCH3 is 1. The molecule has 1 aromatic rings. The Labute approximate surface area is 112 Å². The normalized spacial score (nSPS) is 18.3. The van der Waals surface area contributed by atoms with E-state index in [2.05, 4.69) is 15.0 Å². The van der Waals surface area contributed by atoms with Gasteiger partial charge in [0.25, 0.3) is 0 Å². The molecule has 19 heavy (non-hydrogen) atoms. The molecule has 6 nitrogen and oxygen atoms in total. The first kappa shape index (κ1) is 13.6. The van der Waals surface area contributed by atoms with Gasteiger partial charge in [0.1, 0.15) is 5.82 Å². The minimum absolute atomic E-state index is 0.321. The highest BCUT2D eigenvalue weighted by Crippen LogP contribution is 2.18. The van der Waals surface area contributed by atoms with Crippen molar-refractivity contribution in [1.82, 2.24) is 4.98 Å². The van der Waals surface area contributed by atoms with Crippen LogP contribution in [0.5, 0.6) is 0 Å². The quantitative estimate of drug-likeness (QED) is 0.780. The minimum Gasteiger partial charge on any atom is -0.465 e. The molecule has 0 aliphatic carbocycles. The molecular weight excluding hydrogens is 246 g/mol. The van der Waals surface area contributed by atoms with Crippen molar-refractivity contribution in [3.05, 3.63) is 17.8 Å². The second-order valence-electron chi connectivity index (χ2n) is 4.59. The van der Waals surface area contributed by atoms with Crippen LogP contribution in [0.2, 0.25) is 0 Å². The highest BCUT2D eigenvalue weighted by Gasteiger charge is 2.15. The van der Waals surface area contributed by atoms with Crippen LogP contribution in [-0.2, 0) is 9.47 Å². The third-order valence-corrected chi connectivity index (χ3v) is 3.22. The first-order chi connectivity index (χ1) is 9.20. The van der Waals surface area contributed by atoms with Crippen molar-refractivity contribution in [1.29, 1.82) is 0 Å². The van der Waals surface area contributed by atoms with Gasteiger partial charge in [-0.05, 0) is 24.8 Å². The van der Waals surface area contributed by atoms with Crippen molar-refractivity contribution in [2.24, 2.45) is 5.92 Å². The summed E-state index contributed by atoms with van der Waals surface area (Å²) in [4.78, 5) is 15.6. The number of ether oxygens (including phenoxy) is 2. The molecule has 104 valence electrons. The lowest BCUT2D eigenvalue weighted by atomic mass is 10.1. The van der Waals surface area contributed by atoms with Crippen molar-refractivity contribution in [3.63, 3.8) is 0 Å². The molecule has 1 fully saturated rings. The van der Waals surface area contributed by atoms with Crippen LogP contribution in [0, 0.1) is 5.92 Å². The summed E-state index contributed by atoms with van der Waals surface area (Å²) in [6.45, 7) is 2.49. The summed E-state index contributed by atoms with van der Waals surface area (Å²) in [6.07, 6.45) is 3.61. The molecule has 0 bridgehead atoms. The highest BCUT2D eigenvalue weighted by atomic mass is 16.5. The molecule has 1 aliphatic heterocycles. The molecule has 2 heterocycles. The van der Waals surface area contributed by atoms with Crippen LogP contribution in [0.15, 0.2) is 12.3 Å². The average molecular weight is 265 g/mol. The lowest BCUT2D eigenvalue weighted by Gasteiger charge is -2.10. The molecule has 2 rings (SSSR count). The predicted octanol–water partition coefficient (Wildman–Crippen LogP) is 1.29. The van der Waals surface area contributed by atoms with Crippen molar-refractivity contribution in [3.8, 4) is 0 Å². The number of hydrogen-bond donors (Lipinski definition) is 2. The molecule has 0 spiro atoms. The second-order valence-corrected chi connectivity index (χ2v) is 4.59. The maximum absolute atomic E-state index is 11.5. The summed E-state index contributed by atoms with van der Waals surface area (Å²) in [5, 5.41) is 3.19. The van der Waals surface area contributed by atoms with E-state index >= 15 is 0 Å². The average Bonchev–Trinajstić information content (AvgIpc) is 2.93. The van der Waals surface area contributed by atoms with E-state index in [4.69, 9.17) is 10.5 Å². The monoisotopic (exact) mass is 265 g/mol. The summed E-state index contributed by atoms with van der Waals surface area (Å²) < 4.78 is 9.99. The molecule has 0 saturated carbocycles. The van der Waals surface area contributed by atoms with Gasteiger partial charge in [-0.15, -0.1) is 0 Å². The molecule has 0 aromatic carbocycles. The zero-order valence-corrected chi connectivity index (χ0v) is 11.0. The fourth-order valence-electron chi connectivity index (χ4n) is 2.06. The maximum atomic E-state index is 11.5. The number of pyridine rings is 1. The standard InChI is InChI=1S/C13H19N3O3/c1-18-13(17)10-6-12(16-7-11(10)14)15-4-2-9-3-5-19-8-9/h6-7,9H,2-5,8,14H2,1H3,(H,15,16). The van der Waals surface area contributed by atoms with Crippen LogP contribution >= 0.6 is 0 Å². The van der Waals surface area contributed by atoms with Crippen LogP contribution in [0.4, 0.5) is 11.5 Å². The molecule has 1 atom stereocenters. The van der Waals surface area contributed by atoms with Gasteiger partial charge in [0.15, 0.2) is 0 Å². The second kappa shape index (κ2) is 6.38. The van der Waals surface area contributed by atoms with E-state index in [0.29, 0.717) is 23.0 Å². The number of carbonyl (C=O) groups is 1. The summed E-state index contributed by atoms with van der Waals surface area (Å²) >= 11 is 0. The SMILES string of the molecule is COC(=O)c1cc(NCCC2CCOC2)ncc1N. The fraction of sp³-hybridized carbons (Fsp3) is 0.538. The molecule has 0 amide bonds. The molecule has 3 N–H and O–H groups in total. The Hall–Kier alpha value is -1.82. The number of hydrogen-bond acceptors (Lipinski definition) is 6.